The highest BCUT2D eigenvalue weighted by Crippen LogP contribution is 2.14. The Balaban J connectivity index is 2.02. The molecule has 0 fully saturated rings. The van der Waals surface area contributed by atoms with Gasteiger partial charge in [-0.05, 0) is 50.5 Å². The Labute approximate surface area is 119 Å². The number of aryl methyl sites for hydroxylation is 2. The van der Waals surface area contributed by atoms with Crippen molar-refractivity contribution in [1.82, 2.24) is 9.78 Å². The summed E-state index contributed by atoms with van der Waals surface area (Å²) >= 11 is 0. The van der Waals surface area contributed by atoms with Crippen molar-refractivity contribution in [3.05, 3.63) is 46.8 Å². The first-order chi connectivity index (χ1) is 9.52. The summed E-state index contributed by atoms with van der Waals surface area (Å²) in [7, 11) is 0. The van der Waals surface area contributed by atoms with Crippen molar-refractivity contribution in [2.24, 2.45) is 0 Å². The van der Waals surface area contributed by atoms with Crippen LogP contribution in [0.25, 0.3) is 0 Å². The third-order valence-corrected chi connectivity index (χ3v) is 3.58. The van der Waals surface area contributed by atoms with Gasteiger partial charge in [0.2, 0.25) is 0 Å². The van der Waals surface area contributed by atoms with E-state index in [1.54, 1.807) is 0 Å². The van der Waals surface area contributed by atoms with Crippen LogP contribution in [0.4, 0.5) is 0 Å². The van der Waals surface area contributed by atoms with E-state index < -0.39 is 0 Å². The third-order valence-electron chi connectivity index (χ3n) is 3.58. The second-order valence-electron chi connectivity index (χ2n) is 4.89. The average molecular weight is 272 g/mol. The number of hydrogen-bond acceptors (Lipinski definition) is 3. The first kappa shape index (κ1) is 14.3. The molecule has 0 unspecified atom stereocenters. The maximum absolute atomic E-state index is 12.1. The van der Waals surface area contributed by atoms with E-state index >= 15 is 0 Å². The molecule has 4 heteroatoms. The fourth-order valence-electron chi connectivity index (χ4n) is 1.99. The molecule has 106 valence electrons. The van der Waals surface area contributed by atoms with Crippen LogP contribution in [0.5, 0.6) is 5.75 Å². The lowest BCUT2D eigenvalue weighted by Crippen LogP contribution is -2.21. The molecule has 0 saturated carbocycles. The molecule has 0 radical (unpaired) electrons. The standard InChI is InChI=1S/C16H20N2O2/c1-5-14-6-8-15(9-7-14)20-10-16(19)18-13(4)11(2)12(3)17-18/h6-9H,5,10H2,1-4H3. The predicted molar refractivity (Wildman–Crippen MR) is 78.4 cm³/mol. The molecule has 20 heavy (non-hydrogen) atoms. The van der Waals surface area contributed by atoms with Crippen molar-refractivity contribution in [2.45, 2.75) is 34.1 Å². The molecule has 2 rings (SSSR count). The number of carbonyl (C=O) groups is 1. The molecule has 0 atom stereocenters. The van der Waals surface area contributed by atoms with Gasteiger partial charge >= 0.3 is 0 Å². The molecule has 0 amide bonds. The van der Waals surface area contributed by atoms with E-state index in [1.165, 1.54) is 10.2 Å². The fourth-order valence-corrected chi connectivity index (χ4v) is 1.99. The number of aromatic nitrogens is 2. The molecule has 4 nitrogen and oxygen atoms in total. The summed E-state index contributed by atoms with van der Waals surface area (Å²) < 4.78 is 6.94. The van der Waals surface area contributed by atoms with Gasteiger partial charge in [-0.1, -0.05) is 19.1 Å². The zero-order valence-corrected chi connectivity index (χ0v) is 12.4. The molecule has 0 aliphatic heterocycles. The minimum absolute atomic E-state index is 0.00707. The number of ether oxygens (including phenoxy) is 1. The van der Waals surface area contributed by atoms with E-state index in [-0.39, 0.29) is 12.5 Å². The van der Waals surface area contributed by atoms with Gasteiger partial charge in [0.25, 0.3) is 5.91 Å². The Morgan fingerprint density at radius 1 is 1.20 bits per heavy atom. The van der Waals surface area contributed by atoms with Crippen molar-refractivity contribution >= 4 is 5.91 Å². The van der Waals surface area contributed by atoms with E-state index in [9.17, 15) is 4.79 Å². The SMILES string of the molecule is CCc1ccc(OCC(=O)n2nc(C)c(C)c2C)cc1. The van der Waals surface area contributed by atoms with Crippen molar-refractivity contribution in [1.29, 1.82) is 0 Å². The summed E-state index contributed by atoms with van der Waals surface area (Å²) in [6.45, 7) is 7.85. The van der Waals surface area contributed by atoms with Crippen LogP contribution in [-0.2, 0) is 6.42 Å². The van der Waals surface area contributed by atoms with E-state index in [1.807, 2.05) is 45.0 Å². The van der Waals surface area contributed by atoms with Crippen molar-refractivity contribution < 1.29 is 9.53 Å². The van der Waals surface area contributed by atoms with Gasteiger partial charge in [-0.2, -0.15) is 5.10 Å². The lowest BCUT2D eigenvalue weighted by atomic mass is 10.2. The Morgan fingerprint density at radius 2 is 1.85 bits per heavy atom. The molecule has 0 bridgehead atoms. The van der Waals surface area contributed by atoms with Gasteiger partial charge in [0, 0.05) is 5.69 Å². The number of benzene rings is 1. The number of nitrogens with zero attached hydrogens (tertiary/aromatic N) is 2. The smallest absolute Gasteiger partial charge is 0.284 e. The Hall–Kier alpha value is -2.10. The highest BCUT2D eigenvalue weighted by molar-refractivity contribution is 5.80. The van der Waals surface area contributed by atoms with Crippen LogP contribution in [0.15, 0.2) is 24.3 Å². The molecule has 1 heterocycles. The monoisotopic (exact) mass is 272 g/mol. The summed E-state index contributed by atoms with van der Waals surface area (Å²) in [5.74, 6) is 0.548. The van der Waals surface area contributed by atoms with Gasteiger partial charge in [-0.3, -0.25) is 4.79 Å². The fraction of sp³-hybridized carbons (Fsp3) is 0.375. The van der Waals surface area contributed by atoms with E-state index in [0.717, 1.165) is 23.4 Å². The highest BCUT2D eigenvalue weighted by Gasteiger charge is 2.14. The van der Waals surface area contributed by atoms with Crippen molar-refractivity contribution in [2.75, 3.05) is 6.61 Å². The first-order valence-corrected chi connectivity index (χ1v) is 6.80. The predicted octanol–water partition coefficient (Wildman–Crippen LogP) is 3.09. The minimum Gasteiger partial charge on any atom is -0.484 e. The van der Waals surface area contributed by atoms with E-state index in [2.05, 4.69) is 12.0 Å². The number of hydrogen-bond donors (Lipinski definition) is 0. The second-order valence-corrected chi connectivity index (χ2v) is 4.89. The molecule has 0 spiro atoms. The normalized spacial score (nSPS) is 10.6. The number of carbonyl (C=O) groups excluding carboxylic acids is 1. The van der Waals surface area contributed by atoms with Crippen LogP contribution < -0.4 is 4.74 Å². The van der Waals surface area contributed by atoms with Gasteiger partial charge in [0.15, 0.2) is 6.61 Å². The average Bonchev–Trinajstić information content (AvgIpc) is 2.73. The van der Waals surface area contributed by atoms with Crippen LogP contribution in [0.1, 0.15) is 34.2 Å². The Kier molecular flexibility index (Phi) is 4.23. The van der Waals surface area contributed by atoms with Crippen molar-refractivity contribution in [3.63, 3.8) is 0 Å². The maximum Gasteiger partial charge on any atom is 0.284 e. The maximum atomic E-state index is 12.1. The minimum atomic E-state index is -0.154. The third kappa shape index (κ3) is 2.90. The van der Waals surface area contributed by atoms with Crippen LogP contribution in [0.2, 0.25) is 0 Å². The molecule has 0 saturated heterocycles. The summed E-state index contributed by atoms with van der Waals surface area (Å²) in [5, 5.41) is 4.24. The molecule has 0 aliphatic rings. The Morgan fingerprint density at radius 3 is 2.35 bits per heavy atom. The molecule has 1 aromatic heterocycles. The van der Waals surface area contributed by atoms with E-state index in [0.29, 0.717) is 5.75 Å². The van der Waals surface area contributed by atoms with E-state index in [4.69, 9.17) is 4.74 Å². The number of rotatable bonds is 4. The van der Waals surface area contributed by atoms with Crippen LogP contribution in [0.3, 0.4) is 0 Å². The quantitative estimate of drug-likeness (QED) is 0.859. The molecule has 2 aromatic rings. The molecule has 1 aromatic carbocycles. The van der Waals surface area contributed by atoms with Crippen molar-refractivity contribution in [3.8, 4) is 5.75 Å². The lowest BCUT2D eigenvalue weighted by Gasteiger charge is -2.07. The molecule has 0 N–H and O–H groups in total. The first-order valence-electron chi connectivity index (χ1n) is 6.80. The summed E-state index contributed by atoms with van der Waals surface area (Å²) in [6, 6.07) is 7.79. The van der Waals surface area contributed by atoms with Crippen LogP contribution >= 0.6 is 0 Å². The van der Waals surface area contributed by atoms with Crippen LogP contribution in [0, 0.1) is 20.8 Å². The molecule has 0 aliphatic carbocycles. The van der Waals surface area contributed by atoms with Gasteiger partial charge in [-0.15, -0.1) is 0 Å². The van der Waals surface area contributed by atoms with Gasteiger partial charge in [0.05, 0.1) is 5.69 Å². The van der Waals surface area contributed by atoms with Gasteiger partial charge in [-0.25, -0.2) is 4.68 Å². The van der Waals surface area contributed by atoms with Gasteiger partial charge in [0.1, 0.15) is 5.75 Å². The topological polar surface area (TPSA) is 44.1 Å². The summed E-state index contributed by atoms with van der Waals surface area (Å²) in [5.41, 5.74) is 4.05. The molecular formula is C16H20N2O2. The zero-order chi connectivity index (χ0) is 14.7. The lowest BCUT2D eigenvalue weighted by molar-refractivity contribution is 0.0818. The largest absolute Gasteiger partial charge is 0.484 e. The summed E-state index contributed by atoms with van der Waals surface area (Å²) in [6.07, 6.45) is 0.990. The van der Waals surface area contributed by atoms with Gasteiger partial charge < -0.3 is 4.74 Å². The summed E-state index contributed by atoms with van der Waals surface area (Å²) in [4.78, 5) is 12.1. The Bertz CT molecular complexity index is 612. The zero-order valence-electron chi connectivity index (χ0n) is 12.4. The van der Waals surface area contributed by atoms with Crippen LogP contribution in [-0.4, -0.2) is 22.3 Å². The second kappa shape index (κ2) is 5.90. The highest BCUT2D eigenvalue weighted by atomic mass is 16.5. The molecular weight excluding hydrogens is 252 g/mol.